The van der Waals surface area contributed by atoms with Crippen LogP contribution >= 0.6 is 11.8 Å². The minimum atomic E-state index is -4.57. The predicted octanol–water partition coefficient (Wildman–Crippen LogP) is 2.83. The van der Waals surface area contributed by atoms with Gasteiger partial charge >= 0.3 is 5.51 Å². The molecule has 1 aliphatic heterocycles. The van der Waals surface area contributed by atoms with Crippen LogP contribution in [0.25, 0.3) is 0 Å². The second-order valence-electron chi connectivity index (χ2n) is 6.77. The summed E-state index contributed by atoms with van der Waals surface area (Å²) in [6, 6.07) is 2.32. The molecule has 2 fully saturated rings. The molecule has 3 atom stereocenters. The van der Waals surface area contributed by atoms with Gasteiger partial charge in [-0.15, -0.1) is 0 Å². The molecule has 5 nitrogen and oxygen atoms in total. The molecule has 3 N–H and O–H groups in total. The highest BCUT2D eigenvalue weighted by atomic mass is 32.2. The second kappa shape index (κ2) is 7.67. The van der Waals surface area contributed by atoms with Gasteiger partial charge in [-0.25, -0.2) is 4.39 Å². The van der Waals surface area contributed by atoms with Crippen molar-refractivity contribution < 1.29 is 27.2 Å². The van der Waals surface area contributed by atoms with Crippen LogP contribution in [0.3, 0.4) is 0 Å². The Kier molecular flexibility index (Phi) is 5.66. The van der Waals surface area contributed by atoms with Crippen LogP contribution in [0, 0.1) is 11.7 Å². The summed E-state index contributed by atoms with van der Waals surface area (Å²) in [6.45, 7) is 1.71. The van der Waals surface area contributed by atoms with Crippen LogP contribution in [0.1, 0.15) is 37.8 Å². The standard InChI is InChI=1S/C17H19F4N3O2S/c1-8-22-12(7-14(25)23-8)16(26)24-15(9-2-3-9)10-4-5-13(11(18)6-10)27-17(19,20)21/h4-6,8-9,12,15,22H,2-3,7H2,1H3,(H,23,25)(H,24,26)/t8?,12?,15-/m1/s1. The minimum Gasteiger partial charge on any atom is -0.348 e. The number of halogens is 4. The van der Waals surface area contributed by atoms with E-state index in [1.165, 1.54) is 6.07 Å². The molecule has 0 radical (unpaired) electrons. The maximum Gasteiger partial charge on any atom is 0.446 e. The molecular weight excluding hydrogens is 386 g/mol. The number of amides is 2. The SMILES string of the molecule is CC1NC(=O)CC(C(=O)N[C@@H](c2ccc(SC(F)(F)F)c(F)c2)C2CC2)N1. The number of rotatable bonds is 5. The Labute approximate surface area is 157 Å². The van der Waals surface area contributed by atoms with Crippen molar-refractivity contribution in [3.63, 3.8) is 0 Å². The number of alkyl halides is 3. The van der Waals surface area contributed by atoms with Crippen LogP contribution in [0.5, 0.6) is 0 Å². The monoisotopic (exact) mass is 405 g/mol. The molecule has 3 rings (SSSR count). The number of benzene rings is 1. The molecule has 27 heavy (non-hydrogen) atoms. The highest BCUT2D eigenvalue weighted by Crippen LogP contribution is 2.43. The molecular formula is C17H19F4N3O2S. The normalized spacial score (nSPS) is 24.3. The fraction of sp³-hybridized carbons (Fsp3) is 0.529. The van der Waals surface area contributed by atoms with E-state index in [4.69, 9.17) is 0 Å². The highest BCUT2D eigenvalue weighted by Gasteiger charge is 2.37. The Morgan fingerprint density at radius 2 is 2.04 bits per heavy atom. The van der Waals surface area contributed by atoms with Crippen LogP contribution in [-0.4, -0.2) is 29.5 Å². The van der Waals surface area contributed by atoms with Crippen molar-refractivity contribution in [1.82, 2.24) is 16.0 Å². The van der Waals surface area contributed by atoms with Crippen molar-refractivity contribution in [2.24, 2.45) is 5.92 Å². The van der Waals surface area contributed by atoms with Crippen LogP contribution in [0.4, 0.5) is 17.6 Å². The van der Waals surface area contributed by atoms with Crippen LogP contribution in [0.2, 0.25) is 0 Å². The number of carbonyl (C=O) groups excluding carboxylic acids is 2. The van der Waals surface area contributed by atoms with E-state index in [0.29, 0.717) is 5.56 Å². The molecule has 1 aromatic carbocycles. The summed E-state index contributed by atoms with van der Waals surface area (Å²) in [6.07, 6.45) is 1.31. The average Bonchev–Trinajstić information content (AvgIpc) is 3.37. The number of carbonyl (C=O) groups is 2. The Hall–Kier alpha value is -1.81. The van der Waals surface area contributed by atoms with E-state index >= 15 is 0 Å². The largest absolute Gasteiger partial charge is 0.446 e. The third-order valence-electron chi connectivity index (χ3n) is 4.47. The van der Waals surface area contributed by atoms with Crippen molar-refractivity contribution in [1.29, 1.82) is 0 Å². The first-order chi connectivity index (χ1) is 12.6. The molecule has 10 heteroatoms. The van der Waals surface area contributed by atoms with Crippen molar-refractivity contribution in [3.05, 3.63) is 29.6 Å². The third kappa shape index (κ3) is 5.35. The summed E-state index contributed by atoms with van der Waals surface area (Å²) in [4.78, 5) is 23.6. The lowest BCUT2D eigenvalue weighted by Gasteiger charge is -2.30. The lowest BCUT2D eigenvalue weighted by molar-refractivity contribution is -0.132. The zero-order valence-electron chi connectivity index (χ0n) is 14.4. The molecule has 0 spiro atoms. The van der Waals surface area contributed by atoms with E-state index < -0.39 is 40.1 Å². The zero-order chi connectivity index (χ0) is 19.8. The Bertz CT molecular complexity index is 739. The van der Waals surface area contributed by atoms with E-state index in [0.717, 1.165) is 25.0 Å². The van der Waals surface area contributed by atoms with Gasteiger partial charge in [0.2, 0.25) is 11.8 Å². The molecule has 0 aromatic heterocycles. The molecule has 148 valence electrons. The maximum atomic E-state index is 14.1. The maximum absolute atomic E-state index is 14.1. The van der Waals surface area contributed by atoms with Gasteiger partial charge in [0.05, 0.1) is 29.6 Å². The summed E-state index contributed by atoms with van der Waals surface area (Å²) in [5.74, 6) is -1.51. The van der Waals surface area contributed by atoms with Gasteiger partial charge < -0.3 is 10.6 Å². The number of hydrogen-bond donors (Lipinski definition) is 3. The number of thioether (sulfide) groups is 1. The first kappa shape index (κ1) is 19.9. The van der Waals surface area contributed by atoms with Crippen molar-refractivity contribution >= 4 is 23.6 Å². The molecule has 0 bridgehead atoms. The molecule has 2 unspecified atom stereocenters. The summed E-state index contributed by atoms with van der Waals surface area (Å²) in [5, 5.41) is 8.43. The summed E-state index contributed by atoms with van der Waals surface area (Å²) < 4.78 is 51.5. The van der Waals surface area contributed by atoms with Crippen LogP contribution < -0.4 is 16.0 Å². The molecule has 1 heterocycles. The average molecular weight is 405 g/mol. The summed E-state index contributed by atoms with van der Waals surface area (Å²) >= 11 is -0.508. The van der Waals surface area contributed by atoms with Gasteiger partial charge in [-0.2, -0.15) is 13.2 Å². The van der Waals surface area contributed by atoms with Gasteiger partial charge in [0.25, 0.3) is 0 Å². The van der Waals surface area contributed by atoms with Crippen LogP contribution in [0.15, 0.2) is 23.1 Å². The van der Waals surface area contributed by atoms with Gasteiger partial charge in [-0.05, 0) is 55.1 Å². The van der Waals surface area contributed by atoms with Gasteiger partial charge in [0.15, 0.2) is 0 Å². The summed E-state index contributed by atoms with van der Waals surface area (Å²) in [7, 11) is 0. The van der Waals surface area contributed by atoms with Gasteiger partial charge in [-0.3, -0.25) is 14.9 Å². The topological polar surface area (TPSA) is 70.2 Å². The van der Waals surface area contributed by atoms with Gasteiger partial charge in [-0.1, -0.05) is 6.07 Å². The minimum absolute atomic E-state index is 0.0108. The van der Waals surface area contributed by atoms with E-state index in [1.54, 1.807) is 6.92 Å². The quantitative estimate of drug-likeness (QED) is 0.521. The van der Waals surface area contributed by atoms with E-state index in [2.05, 4.69) is 16.0 Å². The molecule has 1 saturated heterocycles. The van der Waals surface area contributed by atoms with E-state index in [9.17, 15) is 27.2 Å². The molecule has 1 saturated carbocycles. The van der Waals surface area contributed by atoms with E-state index in [-0.39, 0.29) is 30.3 Å². The Morgan fingerprint density at radius 3 is 2.59 bits per heavy atom. The Morgan fingerprint density at radius 1 is 1.33 bits per heavy atom. The van der Waals surface area contributed by atoms with Crippen LogP contribution in [-0.2, 0) is 9.59 Å². The van der Waals surface area contributed by atoms with Crippen molar-refractivity contribution in [2.45, 2.75) is 54.8 Å². The molecule has 1 aliphatic carbocycles. The van der Waals surface area contributed by atoms with Gasteiger partial charge in [0, 0.05) is 0 Å². The van der Waals surface area contributed by atoms with Crippen molar-refractivity contribution in [3.8, 4) is 0 Å². The zero-order valence-corrected chi connectivity index (χ0v) is 15.2. The first-order valence-corrected chi connectivity index (χ1v) is 9.35. The fourth-order valence-electron chi connectivity index (χ4n) is 3.13. The molecule has 2 aliphatic rings. The van der Waals surface area contributed by atoms with Crippen molar-refractivity contribution in [2.75, 3.05) is 0 Å². The fourth-order valence-corrected chi connectivity index (χ4v) is 3.67. The first-order valence-electron chi connectivity index (χ1n) is 8.53. The number of nitrogens with one attached hydrogen (secondary N) is 3. The predicted molar refractivity (Wildman–Crippen MR) is 91.1 cm³/mol. The highest BCUT2D eigenvalue weighted by molar-refractivity contribution is 8.00. The lowest BCUT2D eigenvalue weighted by atomic mass is 10.0. The Balaban J connectivity index is 1.73. The summed E-state index contributed by atoms with van der Waals surface area (Å²) in [5.41, 5.74) is -4.15. The molecule has 2 amide bonds. The van der Waals surface area contributed by atoms with E-state index in [1.807, 2.05) is 0 Å². The number of hydrogen-bond acceptors (Lipinski definition) is 4. The third-order valence-corrected chi connectivity index (χ3v) is 5.25. The second-order valence-corrected chi connectivity index (χ2v) is 7.88. The van der Waals surface area contributed by atoms with Gasteiger partial charge in [0.1, 0.15) is 5.82 Å². The molecule has 1 aromatic rings. The smallest absolute Gasteiger partial charge is 0.348 e. The lowest BCUT2D eigenvalue weighted by Crippen LogP contribution is -2.59.